The zero-order valence-electron chi connectivity index (χ0n) is 21.2. The average molecular weight is 505 g/mol. The van der Waals surface area contributed by atoms with Crippen LogP contribution >= 0.6 is 0 Å². The van der Waals surface area contributed by atoms with Gasteiger partial charge in [-0.2, -0.15) is 14.8 Å². The summed E-state index contributed by atoms with van der Waals surface area (Å²) in [5.74, 6) is 4.05. The van der Waals surface area contributed by atoms with Crippen LogP contribution in [0.25, 0.3) is 5.95 Å². The number of piperidine rings is 1. The van der Waals surface area contributed by atoms with Gasteiger partial charge in [0, 0.05) is 19.6 Å². The number of benzene rings is 1. The number of nitrogens with zero attached hydrogens (tertiary/aromatic N) is 7. The topological polar surface area (TPSA) is 108 Å². The van der Waals surface area contributed by atoms with E-state index in [-0.39, 0.29) is 12.1 Å². The van der Waals surface area contributed by atoms with Crippen LogP contribution in [0.4, 0.5) is 5.82 Å². The first-order valence-corrected chi connectivity index (χ1v) is 12.8. The molecule has 2 unspecified atom stereocenters. The predicted octanol–water partition coefficient (Wildman–Crippen LogP) is 3.00. The Morgan fingerprint density at radius 2 is 2.03 bits per heavy atom. The number of anilines is 1. The van der Waals surface area contributed by atoms with Gasteiger partial charge >= 0.3 is 0 Å². The first-order chi connectivity index (χ1) is 18.2. The molecule has 37 heavy (non-hydrogen) atoms. The monoisotopic (exact) mass is 504 g/mol. The number of fused-ring (bicyclic) bond motifs is 1. The van der Waals surface area contributed by atoms with Crippen LogP contribution in [0.3, 0.4) is 0 Å². The van der Waals surface area contributed by atoms with Gasteiger partial charge in [-0.3, -0.25) is 0 Å². The second-order valence-corrected chi connectivity index (χ2v) is 9.53. The predicted molar refractivity (Wildman–Crippen MR) is 136 cm³/mol. The summed E-state index contributed by atoms with van der Waals surface area (Å²) in [7, 11) is 2.01. The van der Waals surface area contributed by atoms with Crippen molar-refractivity contribution in [1.29, 1.82) is 0 Å². The average Bonchev–Trinajstić information content (AvgIpc) is 3.70. The molecule has 4 aromatic rings. The first-order valence-electron chi connectivity index (χ1n) is 12.8. The summed E-state index contributed by atoms with van der Waals surface area (Å²) in [6, 6.07) is 6.46. The maximum Gasteiger partial charge on any atom is 0.234 e. The highest BCUT2D eigenvalue weighted by molar-refractivity contribution is 5.51. The highest BCUT2D eigenvalue weighted by atomic mass is 16.6. The molecule has 1 fully saturated rings. The fraction of sp³-hybridized carbons (Fsp3) is 0.462. The summed E-state index contributed by atoms with van der Waals surface area (Å²) in [5, 5.41) is 7.99. The van der Waals surface area contributed by atoms with Crippen LogP contribution in [-0.4, -0.2) is 61.6 Å². The van der Waals surface area contributed by atoms with Gasteiger partial charge in [-0.15, -0.1) is 0 Å². The molecule has 2 aliphatic rings. The zero-order valence-corrected chi connectivity index (χ0v) is 21.2. The van der Waals surface area contributed by atoms with Crippen molar-refractivity contribution in [2.45, 2.75) is 44.7 Å². The molecule has 0 amide bonds. The lowest BCUT2D eigenvalue weighted by molar-refractivity contribution is 0.171. The van der Waals surface area contributed by atoms with Crippen molar-refractivity contribution in [1.82, 2.24) is 34.6 Å². The van der Waals surface area contributed by atoms with E-state index in [1.54, 1.807) is 23.5 Å². The largest absolute Gasteiger partial charge is 0.486 e. The van der Waals surface area contributed by atoms with E-state index in [1.165, 1.54) is 11.9 Å². The number of nitrogens with one attached hydrogen (secondary N) is 1. The summed E-state index contributed by atoms with van der Waals surface area (Å²) in [4.78, 5) is 16.0. The fourth-order valence-electron chi connectivity index (χ4n) is 5.30. The lowest BCUT2D eigenvalue weighted by Gasteiger charge is -2.41. The molecule has 194 valence electrons. The van der Waals surface area contributed by atoms with Crippen molar-refractivity contribution in [3.05, 3.63) is 60.5 Å². The Kier molecular flexibility index (Phi) is 6.52. The molecule has 0 bridgehead atoms. The van der Waals surface area contributed by atoms with Gasteiger partial charge in [0.25, 0.3) is 0 Å². The van der Waals surface area contributed by atoms with Crippen molar-refractivity contribution in [2.75, 3.05) is 31.2 Å². The molecular formula is C26H32N8O3. The third kappa shape index (κ3) is 4.66. The molecule has 3 aromatic heterocycles. The molecule has 2 atom stereocenters. The van der Waals surface area contributed by atoms with Gasteiger partial charge in [0.1, 0.15) is 38.2 Å². The van der Waals surface area contributed by atoms with Crippen molar-refractivity contribution in [3.63, 3.8) is 0 Å². The van der Waals surface area contributed by atoms with E-state index in [4.69, 9.17) is 18.9 Å². The van der Waals surface area contributed by atoms with Crippen LogP contribution in [-0.2, 0) is 13.5 Å². The molecule has 6 rings (SSSR count). The second-order valence-electron chi connectivity index (χ2n) is 9.53. The van der Waals surface area contributed by atoms with E-state index in [2.05, 4.69) is 48.9 Å². The number of aromatic nitrogens is 6. The van der Waals surface area contributed by atoms with Crippen molar-refractivity contribution in [3.8, 4) is 17.4 Å². The number of hydrogen-bond donors (Lipinski definition) is 1. The Morgan fingerprint density at radius 1 is 1.14 bits per heavy atom. The van der Waals surface area contributed by atoms with E-state index < -0.39 is 0 Å². The Bertz CT molecular complexity index is 1320. The maximum atomic E-state index is 5.79. The van der Waals surface area contributed by atoms with Gasteiger partial charge in [-0.05, 0) is 56.8 Å². The minimum atomic E-state index is 0.0190. The molecule has 11 heteroatoms. The first kappa shape index (κ1) is 23.5. The molecule has 1 N–H and O–H groups in total. The van der Waals surface area contributed by atoms with E-state index in [9.17, 15) is 0 Å². The van der Waals surface area contributed by atoms with Crippen LogP contribution in [0.15, 0.2) is 47.7 Å². The SMILES string of the molecule is Cc1c(N2C(CNCCc3ccc4c(c3)OCCO4)CCCC2c2ncco2)nc(-n2cncn2)n1C. The quantitative estimate of drug-likeness (QED) is 0.362. The Labute approximate surface area is 215 Å². The third-order valence-electron chi connectivity index (χ3n) is 7.26. The molecule has 0 aliphatic carbocycles. The van der Waals surface area contributed by atoms with Crippen LogP contribution in [0.1, 0.15) is 42.5 Å². The fourth-order valence-corrected chi connectivity index (χ4v) is 5.30. The van der Waals surface area contributed by atoms with Gasteiger partial charge < -0.3 is 28.7 Å². The molecule has 1 aromatic carbocycles. The van der Waals surface area contributed by atoms with Crippen molar-refractivity contribution >= 4 is 5.82 Å². The summed E-state index contributed by atoms with van der Waals surface area (Å²) < 4.78 is 20.9. The Hall–Kier alpha value is -3.86. The molecular weight excluding hydrogens is 472 g/mol. The lowest BCUT2D eigenvalue weighted by Crippen LogP contribution is -2.48. The normalized spacial score (nSPS) is 19.4. The van der Waals surface area contributed by atoms with E-state index in [1.807, 2.05) is 13.1 Å². The van der Waals surface area contributed by atoms with Crippen LogP contribution in [0.2, 0.25) is 0 Å². The smallest absolute Gasteiger partial charge is 0.234 e. The standard InChI is InChI=1S/C26H32N8O3/c1-18-24(31-26(32(18)2)33-17-28-16-30-33)34-20(4-3-5-21(34)25-29-10-11-37-25)15-27-9-8-19-6-7-22-23(14-19)36-13-12-35-22/h6-7,10-11,14,16-17,20-21,27H,3-5,8-9,12-13,15H2,1-2H3. The minimum Gasteiger partial charge on any atom is -0.486 e. The van der Waals surface area contributed by atoms with Crippen LogP contribution < -0.4 is 19.7 Å². The van der Waals surface area contributed by atoms with Gasteiger partial charge in [-0.1, -0.05) is 6.07 Å². The number of oxazole rings is 1. The van der Waals surface area contributed by atoms with E-state index >= 15 is 0 Å². The molecule has 0 saturated carbocycles. The molecule has 5 heterocycles. The molecule has 2 aliphatic heterocycles. The van der Waals surface area contributed by atoms with E-state index in [0.29, 0.717) is 13.2 Å². The van der Waals surface area contributed by atoms with E-state index in [0.717, 1.165) is 73.6 Å². The van der Waals surface area contributed by atoms with Gasteiger partial charge in [0.2, 0.25) is 11.8 Å². The molecule has 0 radical (unpaired) electrons. The molecule has 0 spiro atoms. The number of rotatable bonds is 8. The molecule has 1 saturated heterocycles. The number of ether oxygens (including phenoxy) is 2. The summed E-state index contributed by atoms with van der Waals surface area (Å²) in [6.45, 7) is 4.99. The highest BCUT2D eigenvalue weighted by Gasteiger charge is 2.37. The number of imidazole rings is 1. The zero-order chi connectivity index (χ0) is 25.2. The van der Waals surface area contributed by atoms with Crippen molar-refractivity contribution < 1.29 is 13.9 Å². The van der Waals surface area contributed by atoms with Gasteiger partial charge in [-0.25, -0.2) is 9.97 Å². The van der Waals surface area contributed by atoms with Crippen LogP contribution in [0.5, 0.6) is 11.5 Å². The van der Waals surface area contributed by atoms with Gasteiger partial charge in [0.05, 0.1) is 11.9 Å². The Balaban J connectivity index is 1.20. The summed E-state index contributed by atoms with van der Waals surface area (Å²) in [5.41, 5.74) is 2.29. The minimum absolute atomic E-state index is 0.0190. The third-order valence-corrected chi connectivity index (χ3v) is 7.26. The lowest BCUT2D eigenvalue weighted by atomic mass is 9.94. The van der Waals surface area contributed by atoms with Gasteiger partial charge in [0.15, 0.2) is 17.3 Å². The summed E-state index contributed by atoms with van der Waals surface area (Å²) in [6.07, 6.45) is 10.6. The van der Waals surface area contributed by atoms with Crippen LogP contribution in [0, 0.1) is 6.92 Å². The van der Waals surface area contributed by atoms with Crippen molar-refractivity contribution in [2.24, 2.45) is 7.05 Å². The highest BCUT2D eigenvalue weighted by Crippen LogP contribution is 2.39. The summed E-state index contributed by atoms with van der Waals surface area (Å²) >= 11 is 0. The second kappa shape index (κ2) is 10.3. The Morgan fingerprint density at radius 3 is 2.84 bits per heavy atom. The molecule has 11 nitrogen and oxygen atoms in total. The number of hydrogen-bond acceptors (Lipinski definition) is 9. The maximum absolute atomic E-state index is 5.79.